The van der Waals surface area contributed by atoms with Gasteiger partial charge in [0.15, 0.2) is 0 Å². The van der Waals surface area contributed by atoms with Crippen molar-refractivity contribution in [3.63, 3.8) is 0 Å². The Kier molecular flexibility index (Phi) is 6.35. The first-order valence-corrected chi connectivity index (χ1v) is 14.1. The molecule has 0 radical (unpaired) electrons. The molecule has 0 bridgehead atoms. The van der Waals surface area contributed by atoms with Crippen LogP contribution >= 0.6 is 0 Å². The quantitative estimate of drug-likeness (QED) is 0.543. The van der Waals surface area contributed by atoms with Gasteiger partial charge in [-0.05, 0) is 43.9 Å². The van der Waals surface area contributed by atoms with Gasteiger partial charge in [-0.2, -0.15) is 5.10 Å². The molecule has 40 heavy (non-hydrogen) atoms. The zero-order valence-electron chi connectivity index (χ0n) is 22.8. The molecule has 0 spiro atoms. The van der Waals surface area contributed by atoms with Crippen LogP contribution in [0.3, 0.4) is 0 Å². The number of carbonyl (C=O) groups excluding carboxylic acids is 2. The van der Waals surface area contributed by atoms with E-state index in [9.17, 15) is 9.59 Å². The van der Waals surface area contributed by atoms with Gasteiger partial charge in [0, 0.05) is 67.9 Å². The number of ether oxygens (including phenoxy) is 2. The van der Waals surface area contributed by atoms with Crippen molar-refractivity contribution in [1.82, 2.24) is 19.8 Å². The Bertz CT molecular complexity index is 1430. The van der Waals surface area contributed by atoms with E-state index in [1.807, 2.05) is 35.1 Å². The lowest BCUT2D eigenvalue weighted by Crippen LogP contribution is -2.60. The van der Waals surface area contributed by atoms with Crippen LogP contribution in [0.1, 0.15) is 70.1 Å². The van der Waals surface area contributed by atoms with Crippen molar-refractivity contribution < 1.29 is 19.1 Å². The molecule has 4 aliphatic heterocycles. The first kappa shape index (κ1) is 25.3. The van der Waals surface area contributed by atoms with Gasteiger partial charge < -0.3 is 14.4 Å². The van der Waals surface area contributed by atoms with Crippen LogP contribution in [0, 0.1) is 6.92 Å². The van der Waals surface area contributed by atoms with Crippen molar-refractivity contribution in [3.05, 3.63) is 51.8 Å². The molecular formula is C29H33N7O4. The van der Waals surface area contributed by atoms with Crippen molar-refractivity contribution in [2.75, 3.05) is 37.7 Å². The minimum atomic E-state index is -0.247. The molecule has 1 amide bonds. The third-order valence-corrected chi connectivity index (χ3v) is 9.07. The van der Waals surface area contributed by atoms with E-state index >= 15 is 0 Å². The van der Waals surface area contributed by atoms with Crippen molar-refractivity contribution in [3.8, 4) is 0 Å². The lowest BCUT2D eigenvalue weighted by molar-refractivity contribution is -0.141. The zero-order valence-corrected chi connectivity index (χ0v) is 22.8. The van der Waals surface area contributed by atoms with Crippen molar-refractivity contribution in [1.29, 1.82) is 0 Å². The van der Waals surface area contributed by atoms with Gasteiger partial charge in [0.05, 0.1) is 30.2 Å². The highest BCUT2D eigenvalue weighted by atomic mass is 16.5. The van der Waals surface area contributed by atoms with Crippen LogP contribution in [-0.2, 0) is 27.3 Å². The highest BCUT2D eigenvalue weighted by Gasteiger charge is 2.40. The van der Waals surface area contributed by atoms with E-state index in [2.05, 4.69) is 27.0 Å². The number of hydrogen-bond donors (Lipinski definition) is 0. The highest BCUT2D eigenvalue weighted by molar-refractivity contribution is 5.94. The van der Waals surface area contributed by atoms with Gasteiger partial charge in [0.1, 0.15) is 12.9 Å². The summed E-state index contributed by atoms with van der Waals surface area (Å²) in [5.74, 6) is 0.317. The van der Waals surface area contributed by atoms with Crippen LogP contribution in [0.4, 0.5) is 5.95 Å². The maximum Gasteiger partial charge on any atom is 0.338 e. The number of amides is 1. The first-order chi connectivity index (χ1) is 19.5. The maximum atomic E-state index is 13.7. The van der Waals surface area contributed by atoms with E-state index in [1.165, 1.54) is 0 Å². The van der Waals surface area contributed by atoms with Crippen molar-refractivity contribution in [2.24, 2.45) is 10.2 Å². The summed E-state index contributed by atoms with van der Waals surface area (Å²) in [6.45, 7) is 7.97. The molecule has 2 saturated heterocycles. The lowest BCUT2D eigenvalue weighted by atomic mass is 9.93. The summed E-state index contributed by atoms with van der Waals surface area (Å²) in [5.41, 5.74) is 5.73. The topological polar surface area (TPSA) is 113 Å². The third-order valence-electron chi connectivity index (χ3n) is 9.07. The Morgan fingerprint density at radius 3 is 2.92 bits per heavy atom. The molecule has 2 fully saturated rings. The van der Waals surface area contributed by atoms with E-state index in [0.717, 1.165) is 60.3 Å². The molecule has 5 heterocycles. The number of carbonyl (C=O) groups is 2. The average molecular weight is 544 g/mol. The monoisotopic (exact) mass is 543 g/mol. The molecule has 11 nitrogen and oxygen atoms in total. The molecule has 4 atom stereocenters. The summed E-state index contributed by atoms with van der Waals surface area (Å²) >= 11 is 0. The smallest absolute Gasteiger partial charge is 0.338 e. The molecule has 1 aliphatic carbocycles. The number of rotatable bonds is 3. The van der Waals surface area contributed by atoms with E-state index in [1.54, 1.807) is 12.6 Å². The zero-order chi connectivity index (χ0) is 27.4. The summed E-state index contributed by atoms with van der Waals surface area (Å²) < 4.78 is 11.6. The Hall–Kier alpha value is -3.70. The van der Waals surface area contributed by atoms with Gasteiger partial charge >= 0.3 is 5.97 Å². The van der Waals surface area contributed by atoms with Crippen molar-refractivity contribution in [2.45, 2.75) is 63.8 Å². The Balaban J connectivity index is 1.01. The molecular weight excluding hydrogens is 510 g/mol. The van der Waals surface area contributed by atoms with E-state index < -0.39 is 0 Å². The Morgan fingerprint density at radius 1 is 1.12 bits per heavy atom. The van der Waals surface area contributed by atoms with Crippen molar-refractivity contribution >= 4 is 30.4 Å². The number of esters is 1. The minimum absolute atomic E-state index is 0.0592. The number of benzene rings is 1. The van der Waals surface area contributed by atoms with Crippen LogP contribution < -0.4 is 4.90 Å². The molecule has 5 aliphatic rings. The van der Waals surface area contributed by atoms with Crippen LogP contribution in [0.5, 0.6) is 0 Å². The Morgan fingerprint density at radius 2 is 2.02 bits per heavy atom. The second-order valence-electron chi connectivity index (χ2n) is 11.3. The van der Waals surface area contributed by atoms with Gasteiger partial charge in [-0.25, -0.2) is 14.8 Å². The molecule has 0 N–H and O–H groups in total. The van der Waals surface area contributed by atoms with Gasteiger partial charge in [-0.3, -0.25) is 14.6 Å². The number of aromatic nitrogens is 2. The predicted octanol–water partition coefficient (Wildman–Crippen LogP) is 2.38. The molecule has 0 saturated carbocycles. The summed E-state index contributed by atoms with van der Waals surface area (Å²) in [6, 6.07) is 4.19. The number of hydrogen-bond acceptors (Lipinski definition) is 10. The van der Waals surface area contributed by atoms with Gasteiger partial charge in [0.2, 0.25) is 11.9 Å². The Labute approximate surface area is 232 Å². The third kappa shape index (κ3) is 4.28. The second-order valence-corrected chi connectivity index (χ2v) is 11.3. The molecule has 7 rings (SSSR count). The van der Waals surface area contributed by atoms with Crippen LogP contribution in [-0.4, -0.2) is 89.1 Å². The predicted molar refractivity (Wildman–Crippen MR) is 148 cm³/mol. The fraction of sp³-hybridized carbons (Fsp3) is 0.517. The average Bonchev–Trinajstić information content (AvgIpc) is 3.50. The van der Waals surface area contributed by atoms with Crippen LogP contribution in [0.15, 0.2) is 28.5 Å². The number of cyclic esters (lactones) is 1. The number of fused-ring (bicyclic) bond motifs is 3. The standard InChI is InChI=1S/C29H33N7O4/c1-17-7-8-31-32-16-36(17)29-30-11-23-21(5-6-25(23)33-29)27(37)35-10-9-34-13-26(39-14-19(34)12-35)20-3-4-22-24(18(20)2)15-40-28(22)38/h3-4,8,11,16-17,19,21,26H,5-7,9-10,12-15H2,1-2H3. The van der Waals surface area contributed by atoms with Crippen LogP contribution in [0.25, 0.3) is 0 Å². The summed E-state index contributed by atoms with van der Waals surface area (Å²) in [4.78, 5) is 41.5. The number of morpholine rings is 1. The molecule has 2 aromatic rings. The SMILES string of the molecule is Cc1c(C2CN3CCN(C(=O)C4CCc5nc(N6C=NN=CCC6C)ncc54)CC3CO2)ccc2c1COC2=O. The van der Waals surface area contributed by atoms with Gasteiger partial charge in [0.25, 0.3) is 0 Å². The fourth-order valence-electron chi connectivity index (χ4n) is 6.64. The van der Waals surface area contributed by atoms with E-state index in [-0.39, 0.29) is 36.0 Å². The van der Waals surface area contributed by atoms with E-state index in [4.69, 9.17) is 14.5 Å². The fourth-order valence-corrected chi connectivity index (χ4v) is 6.64. The second kappa shape index (κ2) is 10.0. The normalized spacial score (nSPS) is 27.7. The lowest BCUT2D eigenvalue weighted by Gasteiger charge is -2.46. The molecule has 1 aromatic carbocycles. The molecule has 4 unspecified atom stereocenters. The summed E-state index contributed by atoms with van der Waals surface area (Å²) in [7, 11) is 0. The summed E-state index contributed by atoms with van der Waals surface area (Å²) in [5, 5.41) is 8.04. The van der Waals surface area contributed by atoms with Crippen LogP contribution in [0.2, 0.25) is 0 Å². The summed E-state index contributed by atoms with van der Waals surface area (Å²) in [6.07, 6.45) is 7.53. The number of piperazine rings is 1. The van der Waals surface area contributed by atoms with E-state index in [0.29, 0.717) is 37.8 Å². The molecule has 1 aromatic heterocycles. The van der Waals surface area contributed by atoms with Gasteiger partial charge in [-0.1, -0.05) is 6.07 Å². The largest absolute Gasteiger partial charge is 0.457 e. The highest BCUT2D eigenvalue weighted by Crippen LogP contribution is 2.36. The molecule has 208 valence electrons. The minimum Gasteiger partial charge on any atom is -0.457 e. The number of nitrogens with zero attached hydrogens (tertiary/aromatic N) is 7. The van der Waals surface area contributed by atoms with Gasteiger partial charge in [-0.15, -0.1) is 5.10 Å². The first-order valence-electron chi connectivity index (χ1n) is 14.1. The number of aryl methyl sites for hydroxylation is 1. The maximum absolute atomic E-state index is 13.7. The number of anilines is 1. The molecule has 11 heteroatoms.